The van der Waals surface area contributed by atoms with Gasteiger partial charge >= 0.3 is 5.97 Å². The van der Waals surface area contributed by atoms with Crippen molar-refractivity contribution in [3.05, 3.63) is 70.3 Å². The zero-order valence-electron chi connectivity index (χ0n) is 15.7. The van der Waals surface area contributed by atoms with Crippen LogP contribution >= 0.6 is 12.2 Å². The summed E-state index contributed by atoms with van der Waals surface area (Å²) in [5.41, 5.74) is 4.56. The molecule has 3 N–H and O–H groups in total. The molecule has 138 valence electrons. The normalized spacial score (nSPS) is 11.1. The summed E-state index contributed by atoms with van der Waals surface area (Å²) in [5.74, 6) is -0.913. The van der Waals surface area contributed by atoms with Crippen molar-refractivity contribution in [2.75, 3.05) is 0 Å². The van der Waals surface area contributed by atoms with Crippen molar-refractivity contribution in [2.45, 2.75) is 46.2 Å². The Morgan fingerprint density at radius 1 is 1.00 bits per heavy atom. The van der Waals surface area contributed by atoms with Crippen LogP contribution < -0.4 is 10.6 Å². The first-order valence-electron chi connectivity index (χ1n) is 8.61. The number of nitrogens with one attached hydrogen (secondary N) is 2. The van der Waals surface area contributed by atoms with Crippen LogP contribution in [0.15, 0.2) is 42.5 Å². The van der Waals surface area contributed by atoms with Gasteiger partial charge in [0, 0.05) is 13.1 Å². The third-order valence-corrected chi connectivity index (χ3v) is 4.55. The first-order valence-corrected chi connectivity index (χ1v) is 9.01. The minimum Gasteiger partial charge on any atom is -0.478 e. The number of carboxylic acid groups (broad SMARTS) is 1. The Morgan fingerprint density at radius 2 is 1.54 bits per heavy atom. The molecule has 5 heteroatoms. The van der Waals surface area contributed by atoms with Crippen LogP contribution in [0.3, 0.4) is 0 Å². The lowest BCUT2D eigenvalue weighted by Crippen LogP contribution is -2.34. The molecule has 0 saturated heterocycles. The van der Waals surface area contributed by atoms with Crippen molar-refractivity contribution < 1.29 is 9.90 Å². The molecule has 0 bridgehead atoms. The molecule has 0 amide bonds. The van der Waals surface area contributed by atoms with E-state index >= 15 is 0 Å². The van der Waals surface area contributed by atoms with Gasteiger partial charge in [0.05, 0.1) is 5.56 Å². The Kier molecular flexibility index (Phi) is 6.37. The number of carboxylic acids is 1. The average Bonchev–Trinajstić information content (AvgIpc) is 2.58. The maximum absolute atomic E-state index is 11.2. The molecule has 0 radical (unpaired) electrons. The molecule has 0 atom stereocenters. The fourth-order valence-corrected chi connectivity index (χ4v) is 2.70. The lowest BCUT2D eigenvalue weighted by atomic mass is 9.87. The molecular formula is C21H26N2O2S. The first-order chi connectivity index (χ1) is 12.2. The zero-order valence-corrected chi connectivity index (χ0v) is 16.5. The van der Waals surface area contributed by atoms with E-state index in [4.69, 9.17) is 12.2 Å². The molecule has 26 heavy (non-hydrogen) atoms. The Labute approximate surface area is 160 Å². The third-order valence-electron chi connectivity index (χ3n) is 4.26. The number of hydrogen-bond acceptors (Lipinski definition) is 2. The van der Waals surface area contributed by atoms with Crippen LogP contribution in [0.4, 0.5) is 0 Å². The van der Waals surface area contributed by atoms with Crippen molar-refractivity contribution >= 4 is 23.3 Å². The maximum Gasteiger partial charge on any atom is 0.335 e. The second-order valence-corrected chi connectivity index (χ2v) is 7.85. The number of carbonyl (C=O) groups is 1. The van der Waals surface area contributed by atoms with Crippen molar-refractivity contribution in [3.8, 4) is 0 Å². The summed E-state index contributed by atoms with van der Waals surface area (Å²) in [5, 5.41) is 16.0. The molecule has 0 spiro atoms. The summed E-state index contributed by atoms with van der Waals surface area (Å²) >= 11 is 5.31. The lowest BCUT2D eigenvalue weighted by molar-refractivity contribution is 0.0696. The van der Waals surface area contributed by atoms with E-state index < -0.39 is 5.97 Å². The molecule has 0 aliphatic rings. The van der Waals surface area contributed by atoms with Crippen LogP contribution in [0, 0.1) is 6.92 Å². The Morgan fingerprint density at radius 3 is 2.08 bits per heavy atom. The fourth-order valence-electron chi connectivity index (χ4n) is 2.56. The fraction of sp³-hybridized carbons (Fsp3) is 0.333. The summed E-state index contributed by atoms with van der Waals surface area (Å²) < 4.78 is 0. The first kappa shape index (κ1) is 19.9. The van der Waals surface area contributed by atoms with Gasteiger partial charge in [0.2, 0.25) is 0 Å². The van der Waals surface area contributed by atoms with Gasteiger partial charge in [-0.05, 0) is 52.9 Å². The van der Waals surface area contributed by atoms with E-state index in [2.05, 4.69) is 55.7 Å². The van der Waals surface area contributed by atoms with E-state index in [1.54, 1.807) is 13.0 Å². The second kappa shape index (κ2) is 8.32. The number of hydrogen-bond donors (Lipinski definition) is 3. The largest absolute Gasteiger partial charge is 0.478 e. The van der Waals surface area contributed by atoms with Crippen LogP contribution in [-0.2, 0) is 18.5 Å². The highest BCUT2D eigenvalue weighted by molar-refractivity contribution is 7.80. The monoisotopic (exact) mass is 370 g/mol. The molecule has 0 heterocycles. The quantitative estimate of drug-likeness (QED) is 0.690. The number of thiocarbonyl (C=S) groups is 1. The highest BCUT2D eigenvalue weighted by Crippen LogP contribution is 2.22. The molecule has 0 aliphatic carbocycles. The molecule has 2 aromatic carbocycles. The molecule has 0 saturated carbocycles. The van der Waals surface area contributed by atoms with E-state index in [0.29, 0.717) is 23.8 Å². The van der Waals surface area contributed by atoms with Gasteiger partial charge in [0.25, 0.3) is 0 Å². The number of rotatable bonds is 5. The molecule has 4 nitrogen and oxygen atoms in total. The minimum atomic E-state index is -0.913. The number of aryl methyl sites for hydroxylation is 1. The van der Waals surface area contributed by atoms with E-state index in [-0.39, 0.29) is 5.41 Å². The van der Waals surface area contributed by atoms with Gasteiger partial charge in [-0.25, -0.2) is 4.79 Å². The van der Waals surface area contributed by atoms with Crippen molar-refractivity contribution in [3.63, 3.8) is 0 Å². The standard InChI is InChI=1S/C21H26N2O2S/c1-14-5-6-16(11-18(14)19(24)25)13-23-20(26)22-12-15-7-9-17(10-8-15)21(2,3)4/h5-11H,12-13H2,1-4H3,(H,24,25)(H2,22,23,26). The molecule has 0 aromatic heterocycles. The Balaban J connectivity index is 1.86. The van der Waals surface area contributed by atoms with Crippen LogP contribution in [0.1, 0.15) is 53.4 Å². The maximum atomic E-state index is 11.2. The SMILES string of the molecule is Cc1ccc(CNC(=S)NCc2ccc(C(C)(C)C)cc2)cc1C(=O)O. The van der Waals surface area contributed by atoms with Crippen LogP contribution in [0.2, 0.25) is 0 Å². The molecule has 0 fully saturated rings. The van der Waals surface area contributed by atoms with Crippen LogP contribution in [0.25, 0.3) is 0 Å². The van der Waals surface area contributed by atoms with Gasteiger partial charge in [0.1, 0.15) is 0 Å². The third kappa shape index (κ3) is 5.56. The average molecular weight is 371 g/mol. The molecule has 0 unspecified atom stereocenters. The molecular weight excluding hydrogens is 344 g/mol. The Bertz CT molecular complexity index is 793. The van der Waals surface area contributed by atoms with Crippen molar-refractivity contribution in [2.24, 2.45) is 0 Å². The van der Waals surface area contributed by atoms with Gasteiger partial charge in [-0.15, -0.1) is 0 Å². The van der Waals surface area contributed by atoms with Crippen molar-refractivity contribution in [1.82, 2.24) is 10.6 Å². The van der Waals surface area contributed by atoms with Gasteiger partial charge < -0.3 is 15.7 Å². The highest BCUT2D eigenvalue weighted by atomic mass is 32.1. The lowest BCUT2D eigenvalue weighted by Gasteiger charge is -2.19. The molecule has 2 rings (SSSR count). The second-order valence-electron chi connectivity index (χ2n) is 7.44. The summed E-state index contributed by atoms with van der Waals surface area (Å²) in [6.45, 7) is 9.50. The van der Waals surface area contributed by atoms with Crippen LogP contribution in [0.5, 0.6) is 0 Å². The summed E-state index contributed by atoms with van der Waals surface area (Å²) in [7, 11) is 0. The predicted octanol–water partition coefficient (Wildman–Crippen LogP) is 4.16. The van der Waals surface area contributed by atoms with E-state index in [1.165, 1.54) is 5.56 Å². The molecule has 2 aromatic rings. The number of aromatic carboxylic acids is 1. The minimum absolute atomic E-state index is 0.145. The van der Waals surface area contributed by atoms with Crippen LogP contribution in [-0.4, -0.2) is 16.2 Å². The summed E-state index contributed by atoms with van der Waals surface area (Å²) in [6, 6.07) is 13.9. The van der Waals surface area contributed by atoms with Gasteiger partial charge in [-0.2, -0.15) is 0 Å². The van der Waals surface area contributed by atoms with E-state index in [9.17, 15) is 9.90 Å². The Hall–Kier alpha value is -2.40. The van der Waals surface area contributed by atoms with Crippen molar-refractivity contribution in [1.29, 1.82) is 0 Å². The summed E-state index contributed by atoms with van der Waals surface area (Å²) in [6.07, 6.45) is 0. The highest BCUT2D eigenvalue weighted by Gasteiger charge is 2.12. The molecule has 0 aliphatic heterocycles. The van der Waals surface area contributed by atoms with Gasteiger partial charge in [-0.3, -0.25) is 0 Å². The topological polar surface area (TPSA) is 61.4 Å². The van der Waals surface area contributed by atoms with E-state index in [0.717, 1.165) is 16.7 Å². The summed E-state index contributed by atoms with van der Waals surface area (Å²) in [4.78, 5) is 11.2. The van der Waals surface area contributed by atoms with Gasteiger partial charge in [-0.1, -0.05) is 57.2 Å². The van der Waals surface area contributed by atoms with Gasteiger partial charge in [0.15, 0.2) is 5.11 Å². The number of benzene rings is 2. The smallest absolute Gasteiger partial charge is 0.335 e. The predicted molar refractivity (Wildman–Crippen MR) is 110 cm³/mol. The zero-order chi connectivity index (χ0) is 19.3. The van der Waals surface area contributed by atoms with E-state index in [1.807, 2.05) is 12.1 Å².